The lowest BCUT2D eigenvalue weighted by Crippen LogP contribution is -2.35. The first-order valence-corrected chi connectivity index (χ1v) is 7.24. The predicted molar refractivity (Wildman–Crippen MR) is 79.8 cm³/mol. The van der Waals surface area contributed by atoms with E-state index in [0.717, 1.165) is 30.6 Å². The van der Waals surface area contributed by atoms with E-state index in [-0.39, 0.29) is 17.1 Å². The highest BCUT2D eigenvalue weighted by molar-refractivity contribution is 5.93. The smallest absolute Gasteiger partial charge is 0.162 e. The fraction of sp³-hybridized carbons (Fsp3) is 0.706. The molecule has 0 radical (unpaired) electrons. The molecular formula is C17H28O2. The molecule has 19 heavy (non-hydrogen) atoms. The van der Waals surface area contributed by atoms with Crippen LogP contribution in [0.2, 0.25) is 0 Å². The lowest BCUT2D eigenvalue weighted by atomic mass is 9.68. The van der Waals surface area contributed by atoms with Crippen LogP contribution in [0.25, 0.3) is 0 Å². The number of hydrogen-bond donors (Lipinski definition) is 0. The van der Waals surface area contributed by atoms with Crippen molar-refractivity contribution in [2.45, 2.75) is 53.9 Å². The number of ether oxygens (including phenoxy) is 1. The monoisotopic (exact) mass is 264 g/mol. The van der Waals surface area contributed by atoms with Gasteiger partial charge in [0.1, 0.15) is 5.76 Å². The topological polar surface area (TPSA) is 26.3 Å². The Bertz CT molecular complexity index is 375. The van der Waals surface area contributed by atoms with Gasteiger partial charge >= 0.3 is 0 Å². The Kier molecular flexibility index (Phi) is 5.39. The van der Waals surface area contributed by atoms with Crippen molar-refractivity contribution < 1.29 is 9.53 Å². The third-order valence-corrected chi connectivity index (χ3v) is 3.68. The van der Waals surface area contributed by atoms with Crippen LogP contribution in [-0.4, -0.2) is 12.4 Å². The molecule has 1 aliphatic rings. The molecule has 0 aromatic carbocycles. The van der Waals surface area contributed by atoms with Crippen LogP contribution in [-0.2, 0) is 9.53 Å². The van der Waals surface area contributed by atoms with Crippen LogP contribution < -0.4 is 0 Å². The summed E-state index contributed by atoms with van der Waals surface area (Å²) in [5.74, 6) is 1.65. The number of carbonyl (C=O) groups is 1. The normalized spacial score (nSPS) is 22.3. The first-order chi connectivity index (χ1) is 8.72. The van der Waals surface area contributed by atoms with E-state index in [1.165, 1.54) is 0 Å². The Labute approximate surface area is 117 Å². The zero-order valence-electron chi connectivity index (χ0n) is 13.1. The predicted octanol–water partition coefficient (Wildman–Crippen LogP) is 4.51. The summed E-state index contributed by atoms with van der Waals surface area (Å²) in [5, 5.41) is 0. The minimum Gasteiger partial charge on any atom is -0.498 e. The van der Waals surface area contributed by atoms with E-state index in [0.29, 0.717) is 12.5 Å². The Balaban J connectivity index is 2.72. The number of allylic oxidation sites excluding steroid dienone is 3. The van der Waals surface area contributed by atoms with Crippen molar-refractivity contribution >= 4 is 5.78 Å². The summed E-state index contributed by atoms with van der Waals surface area (Å²) in [7, 11) is 0. The molecule has 0 saturated carbocycles. The van der Waals surface area contributed by atoms with Crippen molar-refractivity contribution in [2.75, 3.05) is 6.61 Å². The standard InChI is InChI=1S/C17H28O2/c1-12(2)7-8-15-16(18)9-14(10-17(15,5)6)19-11-13(3)4/h9,13,15H,1,7-8,10-11H2,2-6H3. The largest absolute Gasteiger partial charge is 0.498 e. The number of carbonyl (C=O) groups excluding carboxylic acids is 1. The highest BCUT2D eigenvalue weighted by Gasteiger charge is 2.38. The van der Waals surface area contributed by atoms with Gasteiger partial charge in [0.25, 0.3) is 0 Å². The number of ketones is 1. The fourth-order valence-corrected chi connectivity index (χ4v) is 2.56. The second kappa shape index (κ2) is 6.40. The summed E-state index contributed by atoms with van der Waals surface area (Å²) >= 11 is 0. The minimum absolute atomic E-state index is 0.0202. The molecule has 0 N–H and O–H groups in total. The summed E-state index contributed by atoms with van der Waals surface area (Å²) < 4.78 is 5.75. The minimum atomic E-state index is -0.0202. The SMILES string of the molecule is C=C(C)CCC1C(=O)C=C(OCC(C)C)CC1(C)C. The average molecular weight is 264 g/mol. The van der Waals surface area contributed by atoms with E-state index in [2.05, 4.69) is 34.3 Å². The molecule has 0 amide bonds. The molecule has 1 atom stereocenters. The quantitative estimate of drug-likeness (QED) is 0.660. The van der Waals surface area contributed by atoms with Gasteiger partial charge in [0.05, 0.1) is 6.61 Å². The van der Waals surface area contributed by atoms with Crippen LogP contribution in [0.15, 0.2) is 24.0 Å². The van der Waals surface area contributed by atoms with Crippen molar-refractivity contribution in [3.63, 3.8) is 0 Å². The van der Waals surface area contributed by atoms with Crippen LogP contribution >= 0.6 is 0 Å². The summed E-state index contributed by atoms with van der Waals surface area (Å²) in [5.41, 5.74) is 1.13. The van der Waals surface area contributed by atoms with Crippen molar-refractivity contribution in [1.29, 1.82) is 0 Å². The average Bonchev–Trinajstić information content (AvgIpc) is 2.23. The molecule has 2 nitrogen and oxygen atoms in total. The molecule has 1 unspecified atom stereocenters. The molecular weight excluding hydrogens is 236 g/mol. The summed E-state index contributed by atoms with van der Waals surface area (Å²) in [6.45, 7) is 15.2. The first kappa shape index (κ1) is 16.0. The number of hydrogen-bond acceptors (Lipinski definition) is 2. The third-order valence-electron chi connectivity index (χ3n) is 3.68. The summed E-state index contributed by atoms with van der Waals surface area (Å²) in [4.78, 5) is 12.3. The van der Waals surface area contributed by atoms with Gasteiger partial charge in [-0.25, -0.2) is 0 Å². The van der Waals surface area contributed by atoms with E-state index in [1.54, 1.807) is 6.08 Å². The van der Waals surface area contributed by atoms with Gasteiger partial charge in [-0.1, -0.05) is 33.3 Å². The maximum Gasteiger partial charge on any atom is 0.162 e. The van der Waals surface area contributed by atoms with Crippen LogP contribution in [0.3, 0.4) is 0 Å². The van der Waals surface area contributed by atoms with Crippen molar-refractivity contribution in [3.05, 3.63) is 24.0 Å². The molecule has 0 aromatic rings. The van der Waals surface area contributed by atoms with Crippen molar-refractivity contribution in [1.82, 2.24) is 0 Å². The molecule has 0 aliphatic heterocycles. The molecule has 0 heterocycles. The van der Waals surface area contributed by atoms with Gasteiger partial charge in [-0.3, -0.25) is 4.79 Å². The molecule has 1 aliphatic carbocycles. The summed E-state index contributed by atoms with van der Waals surface area (Å²) in [6.07, 6.45) is 4.40. The maximum atomic E-state index is 12.3. The third kappa shape index (κ3) is 4.85. The van der Waals surface area contributed by atoms with Crippen LogP contribution in [0.1, 0.15) is 53.9 Å². The van der Waals surface area contributed by atoms with Gasteiger partial charge in [-0.2, -0.15) is 0 Å². The van der Waals surface area contributed by atoms with E-state index in [1.807, 2.05) is 6.92 Å². The van der Waals surface area contributed by atoms with Gasteiger partial charge in [0.15, 0.2) is 5.78 Å². The zero-order chi connectivity index (χ0) is 14.6. The van der Waals surface area contributed by atoms with Gasteiger partial charge in [-0.05, 0) is 31.1 Å². The van der Waals surface area contributed by atoms with E-state index in [4.69, 9.17) is 4.74 Å². The highest BCUT2D eigenvalue weighted by atomic mass is 16.5. The molecule has 1 rings (SSSR count). The molecule has 2 heteroatoms. The van der Waals surface area contributed by atoms with Gasteiger partial charge in [0.2, 0.25) is 0 Å². The second-order valence-electron chi connectivity index (χ2n) is 6.93. The van der Waals surface area contributed by atoms with Crippen LogP contribution in [0.5, 0.6) is 0 Å². The van der Waals surface area contributed by atoms with Crippen molar-refractivity contribution in [2.24, 2.45) is 17.3 Å². The Morgan fingerprint density at radius 3 is 2.63 bits per heavy atom. The van der Waals surface area contributed by atoms with E-state index < -0.39 is 0 Å². The van der Waals surface area contributed by atoms with Gasteiger partial charge < -0.3 is 4.74 Å². The highest BCUT2D eigenvalue weighted by Crippen LogP contribution is 2.41. The molecule has 0 spiro atoms. The van der Waals surface area contributed by atoms with Gasteiger partial charge in [-0.15, -0.1) is 6.58 Å². The first-order valence-electron chi connectivity index (χ1n) is 7.24. The van der Waals surface area contributed by atoms with Gasteiger partial charge in [0, 0.05) is 18.4 Å². The van der Waals surface area contributed by atoms with E-state index >= 15 is 0 Å². The Hall–Kier alpha value is -1.05. The lowest BCUT2D eigenvalue weighted by molar-refractivity contribution is -0.123. The van der Waals surface area contributed by atoms with Crippen LogP contribution in [0, 0.1) is 17.3 Å². The molecule has 0 fully saturated rings. The molecule has 0 saturated heterocycles. The maximum absolute atomic E-state index is 12.3. The zero-order valence-corrected chi connectivity index (χ0v) is 13.1. The van der Waals surface area contributed by atoms with Crippen LogP contribution in [0.4, 0.5) is 0 Å². The lowest BCUT2D eigenvalue weighted by Gasteiger charge is -2.37. The Morgan fingerprint density at radius 1 is 1.53 bits per heavy atom. The second-order valence-corrected chi connectivity index (χ2v) is 6.93. The number of rotatable bonds is 6. The summed E-state index contributed by atoms with van der Waals surface area (Å²) in [6, 6.07) is 0. The Morgan fingerprint density at radius 2 is 2.16 bits per heavy atom. The van der Waals surface area contributed by atoms with Crippen molar-refractivity contribution in [3.8, 4) is 0 Å². The molecule has 0 bridgehead atoms. The molecule has 108 valence electrons. The fourth-order valence-electron chi connectivity index (χ4n) is 2.56. The molecule has 0 aromatic heterocycles. The van der Waals surface area contributed by atoms with E-state index in [9.17, 15) is 4.79 Å².